The number of para-hydroxylation sites is 2. The van der Waals surface area contributed by atoms with Crippen LogP contribution in [0.25, 0.3) is 79.0 Å². The molecule has 9 aromatic rings. The van der Waals surface area contributed by atoms with Crippen LogP contribution >= 0.6 is 22.7 Å². The van der Waals surface area contributed by atoms with Crippen molar-refractivity contribution in [3.8, 4) is 16.8 Å². The minimum atomic E-state index is 1.21. The molecule has 0 aliphatic heterocycles. The zero-order chi connectivity index (χ0) is 25.5. The van der Waals surface area contributed by atoms with Gasteiger partial charge in [-0.2, -0.15) is 0 Å². The number of aromatic nitrogens is 1. The molecule has 0 aliphatic carbocycles. The van der Waals surface area contributed by atoms with Crippen molar-refractivity contribution in [2.45, 2.75) is 0 Å². The number of thiophene rings is 2. The van der Waals surface area contributed by atoms with Gasteiger partial charge >= 0.3 is 0 Å². The molecule has 39 heavy (non-hydrogen) atoms. The Morgan fingerprint density at radius 1 is 0.410 bits per heavy atom. The third kappa shape index (κ3) is 3.00. The van der Waals surface area contributed by atoms with E-state index in [1.54, 1.807) is 0 Å². The second-order valence-electron chi connectivity index (χ2n) is 10.1. The number of nitrogens with zero attached hydrogens (tertiary/aromatic N) is 1. The van der Waals surface area contributed by atoms with Crippen molar-refractivity contribution in [1.29, 1.82) is 0 Å². The summed E-state index contributed by atoms with van der Waals surface area (Å²) in [6.45, 7) is 0. The van der Waals surface area contributed by atoms with Crippen LogP contribution in [-0.4, -0.2) is 4.57 Å². The van der Waals surface area contributed by atoms with Crippen molar-refractivity contribution in [1.82, 2.24) is 4.57 Å². The molecule has 9 rings (SSSR count). The summed E-state index contributed by atoms with van der Waals surface area (Å²) in [7, 11) is 0. The maximum atomic E-state index is 2.41. The monoisotopic (exact) mass is 531 g/mol. The molecule has 0 unspecified atom stereocenters. The van der Waals surface area contributed by atoms with E-state index in [1.807, 2.05) is 22.7 Å². The second kappa shape index (κ2) is 8.03. The first-order valence-electron chi connectivity index (χ1n) is 13.2. The minimum absolute atomic E-state index is 1.21. The molecule has 0 radical (unpaired) electrons. The van der Waals surface area contributed by atoms with E-state index in [0.717, 1.165) is 0 Å². The Morgan fingerprint density at radius 3 is 1.87 bits per heavy atom. The summed E-state index contributed by atoms with van der Waals surface area (Å²) < 4.78 is 7.78. The van der Waals surface area contributed by atoms with Crippen LogP contribution in [-0.2, 0) is 0 Å². The zero-order valence-electron chi connectivity index (χ0n) is 20.9. The van der Waals surface area contributed by atoms with E-state index < -0.39 is 0 Å². The number of hydrogen-bond donors (Lipinski definition) is 0. The molecule has 3 heteroatoms. The Morgan fingerprint density at radius 2 is 1.05 bits per heavy atom. The van der Waals surface area contributed by atoms with Crippen LogP contribution in [0.4, 0.5) is 0 Å². The highest BCUT2D eigenvalue weighted by Gasteiger charge is 2.17. The molecule has 6 aromatic carbocycles. The highest BCUT2D eigenvalue weighted by Crippen LogP contribution is 2.45. The molecule has 0 saturated carbocycles. The van der Waals surface area contributed by atoms with Crippen LogP contribution in [0.15, 0.2) is 127 Å². The summed E-state index contributed by atoms with van der Waals surface area (Å²) in [5, 5.41) is 7.96. The topological polar surface area (TPSA) is 4.93 Å². The van der Waals surface area contributed by atoms with Crippen LogP contribution in [0.3, 0.4) is 0 Å². The number of fused-ring (bicyclic) bond motifs is 9. The molecule has 0 amide bonds. The maximum Gasteiger partial charge on any atom is 0.0541 e. The van der Waals surface area contributed by atoms with Crippen LogP contribution in [0.1, 0.15) is 0 Å². The van der Waals surface area contributed by atoms with E-state index in [9.17, 15) is 0 Å². The normalized spacial score (nSPS) is 12.1. The van der Waals surface area contributed by atoms with E-state index in [1.165, 1.54) is 79.0 Å². The first kappa shape index (κ1) is 21.5. The van der Waals surface area contributed by atoms with Crippen molar-refractivity contribution < 1.29 is 0 Å². The molecule has 3 heterocycles. The molecule has 0 N–H and O–H groups in total. The quantitative estimate of drug-likeness (QED) is 0.209. The van der Waals surface area contributed by atoms with Gasteiger partial charge in [0.05, 0.1) is 11.0 Å². The van der Waals surface area contributed by atoms with E-state index in [0.29, 0.717) is 0 Å². The fourth-order valence-electron chi connectivity index (χ4n) is 6.34. The van der Waals surface area contributed by atoms with Gasteiger partial charge in [-0.1, -0.05) is 91.0 Å². The molecule has 0 fully saturated rings. The molecule has 3 aromatic heterocycles. The Labute approximate surface area is 232 Å². The molecule has 0 saturated heterocycles. The molecule has 0 aliphatic rings. The van der Waals surface area contributed by atoms with Gasteiger partial charge in [-0.25, -0.2) is 0 Å². The van der Waals surface area contributed by atoms with Gasteiger partial charge in [-0.3, -0.25) is 0 Å². The van der Waals surface area contributed by atoms with Gasteiger partial charge in [0.25, 0.3) is 0 Å². The van der Waals surface area contributed by atoms with E-state index in [-0.39, 0.29) is 0 Å². The molecular formula is C36H21NS2. The summed E-state index contributed by atoms with van der Waals surface area (Å²) in [4.78, 5) is 0. The fraction of sp³-hybridized carbons (Fsp3) is 0. The van der Waals surface area contributed by atoms with Crippen molar-refractivity contribution in [3.05, 3.63) is 127 Å². The first-order valence-corrected chi connectivity index (χ1v) is 14.8. The van der Waals surface area contributed by atoms with E-state index in [4.69, 9.17) is 0 Å². The lowest BCUT2D eigenvalue weighted by Gasteiger charge is -2.08. The SMILES string of the molecule is c1ccc2c(c1)sc1cccc(-c3cccc4c3sc3cc(-n5c6ccccc6c6ccccc65)ccc34)c12. The molecule has 1 nitrogen and oxygen atoms in total. The summed E-state index contributed by atoms with van der Waals surface area (Å²) in [5.41, 5.74) is 6.34. The summed E-state index contributed by atoms with van der Waals surface area (Å²) in [5.74, 6) is 0. The molecule has 0 atom stereocenters. The summed E-state index contributed by atoms with van der Waals surface area (Å²) in [6, 6.07) is 46.8. The number of rotatable bonds is 2. The average Bonchev–Trinajstić information content (AvgIpc) is 3.66. The lowest BCUT2D eigenvalue weighted by atomic mass is 9.98. The van der Waals surface area contributed by atoms with Crippen molar-refractivity contribution >= 4 is 84.8 Å². The lowest BCUT2D eigenvalue weighted by molar-refractivity contribution is 1.19. The maximum absolute atomic E-state index is 2.41. The van der Waals surface area contributed by atoms with Crippen LogP contribution in [0.2, 0.25) is 0 Å². The Hall–Kier alpha value is -4.44. The number of benzene rings is 6. The highest BCUT2D eigenvalue weighted by molar-refractivity contribution is 7.26. The average molecular weight is 532 g/mol. The van der Waals surface area contributed by atoms with Crippen LogP contribution in [0.5, 0.6) is 0 Å². The third-order valence-electron chi connectivity index (χ3n) is 8.01. The predicted molar refractivity (Wildman–Crippen MR) is 172 cm³/mol. The van der Waals surface area contributed by atoms with Gasteiger partial charge in [0.15, 0.2) is 0 Å². The molecule has 0 bridgehead atoms. The summed E-state index contributed by atoms with van der Waals surface area (Å²) >= 11 is 3.80. The largest absolute Gasteiger partial charge is 0.309 e. The van der Waals surface area contributed by atoms with E-state index in [2.05, 4.69) is 132 Å². The zero-order valence-corrected chi connectivity index (χ0v) is 22.5. The van der Waals surface area contributed by atoms with Crippen molar-refractivity contribution in [3.63, 3.8) is 0 Å². The van der Waals surface area contributed by atoms with Gasteiger partial charge in [0, 0.05) is 62.4 Å². The minimum Gasteiger partial charge on any atom is -0.309 e. The molecule has 182 valence electrons. The Bertz CT molecular complexity index is 2350. The van der Waals surface area contributed by atoms with Crippen molar-refractivity contribution in [2.24, 2.45) is 0 Å². The van der Waals surface area contributed by atoms with Gasteiger partial charge in [0.2, 0.25) is 0 Å². The van der Waals surface area contributed by atoms with Gasteiger partial charge < -0.3 is 4.57 Å². The second-order valence-corrected chi connectivity index (χ2v) is 12.2. The van der Waals surface area contributed by atoms with Gasteiger partial charge in [0.1, 0.15) is 0 Å². The first-order chi connectivity index (χ1) is 19.3. The Balaban J connectivity index is 1.32. The fourth-order valence-corrected chi connectivity index (χ4v) is 8.73. The lowest BCUT2D eigenvalue weighted by Crippen LogP contribution is -1.92. The predicted octanol–water partition coefficient (Wildman–Crippen LogP) is 11.2. The van der Waals surface area contributed by atoms with Crippen LogP contribution in [0, 0.1) is 0 Å². The van der Waals surface area contributed by atoms with Gasteiger partial charge in [-0.15, -0.1) is 22.7 Å². The highest BCUT2D eigenvalue weighted by atomic mass is 32.1. The standard InChI is InChI=1S/C36H21NS2/c1-4-15-30-23(9-1)24-10-2-5-16-31(24)37(30)22-19-20-25-27-13-7-14-28(36(27)39-34(25)21-22)26-12-8-18-33-35(26)29-11-3-6-17-32(29)38-33/h1-21H. The van der Waals surface area contributed by atoms with E-state index >= 15 is 0 Å². The smallest absolute Gasteiger partial charge is 0.0541 e. The number of hydrogen-bond acceptors (Lipinski definition) is 2. The van der Waals surface area contributed by atoms with Crippen LogP contribution < -0.4 is 0 Å². The Kier molecular flexibility index (Phi) is 4.43. The van der Waals surface area contributed by atoms with Crippen molar-refractivity contribution in [2.75, 3.05) is 0 Å². The molecule has 0 spiro atoms. The molecular weight excluding hydrogens is 511 g/mol. The van der Waals surface area contributed by atoms with Gasteiger partial charge in [-0.05, 0) is 42.0 Å². The summed E-state index contributed by atoms with van der Waals surface area (Å²) in [6.07, 6.45) is 0. The third-order valence-corrected chi connectivity index (χ3v) is 10.4.